The first-order valence-electron chi connectivity index (χ1n) is 12.5. The van der Waals surface area contributed by atoms with Crippen molar-refractivity contribution in [3.8, 4) is 6.07 Å². The molecule has 0 aliphatic rings. The molecule has 1 aromatic carbocycles. The maximum Gasteiger partial charge on any atom is 1.00 e. The van der Waals surface area contributed by atoms with Gasteiger partial charge in [0.1, 0.15) is 6.07 Å². The minimum absolute atomic E-state index is 0. The number of aryl methyl sites for hydroxylation is 2. The number of thiol groups is 1. The van der Waals surface area contributed by atoms with Gasteiger partial charge < -0.3 is 56.0 Å². The van der Waals surface area contributed by atoms with Crippen LogP contribution in [-0.2, 0) is 41.2 Å². The van der Waals surface area contributed by atoms with Crippen molar-refractivity contribution in [2.24, 2.45) is 11.5 Å². The summed E-state index contributed by atoms with van der Waals surface area (Å²) < 4.78 is 5.47. The summed E-state index contributed by atoms with van der Waals surface area (Å²) in [7, 11) is 0. The van der Waals surface area contributed by atoms with E-state index in [9.17, 15) is 4.79 Å². The fourth-order valence-corrected chi connectivity index (χ4v) is 3.42. The molecular weight excluding hydrogens is 733 g/mol. The van der Waals surface area contributed by atoms with Gasteiger partial charge in [0.2, 0.25) is 0 Å². The summed E-state index contributed by atoms with van der Waals surface area (Å²) in [5.41, 5.74) is 12.2. The number of primary amides is 1. The number of thiocarbonyl (C=S) groups is 3. The van der Waals surface area contributed by atoms with Gasteiger partial charge in [-0.2, -0.15) is 17.9 Å². The number of hydrogen-bond donors (Lipinski definition) is 5. The Morgan fingerprint density at radius 1 is 1.00 bits per heavy atom. The van der Waals surface area contributed by atoms with Crippen molar-refractivity contribution >= 4 is 108 Å². The number of carbonyl (C=O) groups excluding carboxylic acids is 1. The predicted molar refractivity (Wildman–Crippen MR) is 212 cm³/mol. The second-order valence-electron chi connectivity index (χ2n) is 7.86. The van der Waals surface area contributed by atoms with E-state index < -0.39 is 5.91 Å². The first kappa shape index (κ1) is 61.0. The maximum atomic E-state index is 10.2. The molecule has 0 aliphatic carbocycles. The standard InChI is InChI=1S/C12H18S.C5H5NS.C4H4N2OS2.C4H8OS.C3H6N2S2.2CH4.2Na/c1-11-6-8-12(9-7-11)5-3-2-4-10-13;7-5-1-3-6-4-2-5;5-1-2(3(6)7)4(8)9;1-3-5-4(2)6;1-2(6)5-3(4)7;;;;/h6-9,13H,2-5,10H2,1H3;1-4H,(H,6,7);8-9H,(H2,6,7);3H2,1-2H3;1H3,(H3,4,5,6,7);2*1H4;;/q;;;;;;;2*+1/p-2. The third-order valence-corrected chi connectivity index (χ3v) is 5.46. The third kappa shape index (κ3) is 48.1. The van der Waals surface area contributed by atoms with Gasteiger partial charge in [0.15, 0.2) is 10.2 Å². The van der Waals surface area contributed by atoms with Crippen LogP contribution in [0.4, 0.5) is 0 Å². The van der Waals surface area contributed by atoms with Crippen molar-refractivity contribution in [2.45, 2.75) is 68.2 Å². The van der Waals surface area contributed by atoms with Crippen LogP contribution in [0.25, 0.3) is 0 Å². The summed E-state index contributed by atoms with van der Waals surface area (Å²) in [5, 5.41) is 11.5. The van der Waals surface area contributed by atoms with Crippen molar-refractivity contribution in [3.05, 3.63) is 74.2 Å². The number of aromatic nitrogens is 1. The number of rotatable bonds is 7. The molecule has 1 aromatic heterocycles. The van der Waals surface area contributed by atoms with Gasteiger partial charge in [0.05, 0.1) is 17.2 Å². The van der Waals surface area contributed by atoms with Crippen LogP contribution >= 0.6 is 61.5 Å². The molecule has 2 rings (SSSR count). The van der Waals surface area contributed by atoms with E-state index in [1.165, 1.54) is 42.9 Å². The smallest absolute Gasteiger partial charge is 0.806 e. The minimum Gasteiger partial charge on any atom is -0.806 e. The number of nitrogens with two attached hydrogens (primary N) is 2. The molecule has 0 radical (unpaired) electrons. The number of benzene rings is 1. The Labute approximate surface area is 360 Å². The number of nitriles is 1. The Bertz CT molecular complexity index is 1170. The predicted octanol–water partition coefficient (Wildman–Crippen LogP) is 1.50. The molecule has 6 N–H and O–H groups in total. The van der Waals surface area contributed by atoms with Crippen LogP contribution in [0.2, 0.25) is 0 Å². The van der Waals surface area contributed by atoms with Crippen molar-refractivity contribution < 1.29 is 68.6 Å². The number of unbranched alkanes of at least 4 members (excludes halogenated alkanes) is 2. The van der Waals surface area contributed by atoms with E-state index in [2.05, 4.69) is 116 Å². The van der Waals surface area contributed by atoms with Gasteiger partial charge in [-0.3, -0.25) is 4.79 Å². The number of nitrogens with zero attached hydrogens (tertiary/aromatic N) is 1. The molecule has 2 aromatic rings. The number of carbonyl (C=O) groups is 1. The van der Waals surface area contributed by atoms with E-state index in [0.717, 1.165) is 10.3 Å². The fourth-order valence-electron chi connectivity index (χ4n) is 2.32. The van der Waals surface area contributed by atoms with E-state index in [-0.39, 0.29) is 88.9 Å². The second-order valence-corrected chi connectivity index (χ2v) is 11.5. The monoisotopic (exact) mass is 779 g/mol. The number of aromatic amines is 1. The maximum absolute atomic E-state index is 10.2. The van der Waals surface area contributed by atoms with Crippen LogP contribution in [-0.4, -0.2) is 38.4 Å². The van der Waals surface area contributed by atoms with Gasteiger partial charge in [0, 0.05) is 23.8 Å². The summed E-state index contributed by atoms with van der Waals surface area (Å²) in [6.45, 7) is 8.21. The van der Waals surface area contributed by atoms with Gasteiger partial charge in [-0.15, -0.1) is 0 Å². The van der Waals surface area contributed by atoms with Crippen molar-refractivity contribution in [1.82, 2.24) is 10.3 Å². The van der Waals surface area contributed by atoms with Gasteiger partial charge >= 0.3 is 59.1 Å². The Morgan fingerprint density at radius 3 is 1.72 bits per heavy atom. The summed E-state index contributed by atoms with van der Waals surface area (Å²) >= 11 is 31.3. The van der Waals surface area contributed by atoms with Crippen molar-refractivity contribution in [1.29, 1.82) is 5.26 Å². The average Bonchev–Trinajstić information content (AvgIpc) is 2.89. The zero-order chi connectivity index (χ0) is 32.9. The van der Waals surface area contributed by atoms with Gasteiger partial charge in [-0.1, -0.05) is 75.5 Å². The van der Waals surface area contributed by atoms with E-state index >= 15 is 0 Å². The van der Waals surface area contributed by atoms with E-state index in [4.69, 9.17) is 33.7 Å². The molecule has 0 saturated carbocycles. The van der Waals surface area contributed by atoms with Crippen LogP contribution < -0.4 is 75.9 Å². The number of hydrogen-bond acceptors (Lipinski definition) is 10. The molecule has 1 heterocycles. The molecular formula is C30H47N5Na2O2S7. The summed E-state index contributed by atoms with van der Waals surface area (Å²) in [6.07, 6.45) is 8.68. The van der Waals surface area contributed by atoms with Gasteiger partial charge in [0.25, 0.3) is 5.91 Å². The molecule has 46 heavy (non-hydrogen) atoms. The first-order valence-corrected chi connectivity index (χ1v) is 15.6. The normalized spacial score (nSPS) is 7.83. The number of ether oxygens (including phenoxy) is 1. The molecule has 1 amide bonds. The van der Waals surface area contributed by atoms with Crippen molar-refractivity contribution in [3.63, 3.8) is 0 Å². The van der Waals surface area contributed by atoms with E-state index in [1.807, 2.05) is 31.5 Å². The SMILES string of the molecule is C.C.CC(=S)NC(N)=S.CCOC(C)=S.Cc1ccc(CCCCCS)cc1.N#CC(C(N)=O)=C([S-])[S-].S=c1cc[nH]cc1.[Na+].[Na+]. The molecule has 7 nitrogen and oxygen atoms in total. The molecule has 248 valence electrons. The van der Waals surface area contributed by atoms with E-state index in [1.54, 1.807) is 13.8 Å². The van der Waals surface area contributed by atoms with Gasteiger partial charge in [-0.25, -0.2) is 0 Å². The average molecular weight is 780 g/mol. The summed E-state index contributed by atoms with van der Waals surface area (Å²) in [6, 6.07) is 14.0. The topological polar surface area (TPSA) is 130 Å². The molecule has 16 heteroatoms. The van der Waals surface area contributed by atoms with E-state index in [0.29, 0.717) is 16.6 Å². The van der Waals surface area contributed by atoms with Crippen molar-refractivity contribution in [2.75, 3.05) is 12.4 Å². The molecule has 0 atom stereocenters. The van der Waals surface area contributed by atoms with Crippen LogP contribution in [0.1, 0.15) is 66.0 Å². The first-order chi connectivity index (χ1) is 19.7. The number of H-pyrrole nitrogens is 1. The van der Waals surface area contributed by atoms with Crippen LogP contribution in [0.5, 0.6) is 0 Å². The van der Waals surface area contributed by atoms with Crippen LogP contribution in [0.3, 0.4) is 0 Å². The zero-order valence-corrected chi connectivity index (χ0v) is 36.0. The Kier molecular flexibility index (Phi) is 56.7. The van der Waals surface area contributed by atoms with Crippen LogP contribution in [0.15, 0.2) is 58.6 Å². The fraction of sp³-hybridized carbons (Fsp3) is 0.400. The van der Waals surface area contributed by atoms with Crippen LogP contribution in [0, 0.1) is 22.8 Å². The summed E-state index contributed by atoms with van der Waals surface area (Å²) in [5.74, 6) is 0.158. The largest absolute Gasteiger partial charge is 1.00 e. The number of amides is 1. The Morgan fingerprint density at radius 2 is 1.50 bits per heavy atom. The minimum atomic E-state index is -0.863. The number of nitrogens with one attached hydrogen (secondary N) is 2. The molecule has 0 spiro atoms. The van der Waals surface area contributed by atoms with Gasteiger partial charge in [-0.05, 0) is 87.9 Å². The quantitative estimate of drug-likeness (QED) is 0.0534. The molecule has 0 aliphatic heterocycles. The zero-order valence-electron chi connectivity index (χ0n) is 26.2. The Balaban J connectivity index is -0.0000000833. The number of pyridine rings is 1. The second kappa shape index (κ2) is 42.8. The molecule has 0 bridgehead atoms. The summed E-state index contributed by atoms with van der Waals surface area (Å²) in [4.78, 5) is 13.7. The Hall–Kier alpha value is -0.250. The molecule has 0 saturated heterocycles. The molecule has 0 fully saturated rings. The third-order valence-electron chi connectivity index (χ3n) is 4.14. The molecule has 0 unspecified atom stereocenters.